The molecule has 3 aromatic rings. The predicted molar refractivity (Wildman–Crippen MR) is 88.7 cm³/mol. The number of ether oxygens (including phenoxy) is 1. The summed E-state index contributed by atoms with van der Waals surface area (Å²) in [5, 5.41) is 0. The molecule has 0 amide bonds. The Morgan fingerprint density at radius 2 is 2.00 bits per heavy atom. The molecular weight excluding hydrogens is 292 g/mol. The zero-order valence-electron chi connectivity index (χ0n) is 13.1. The van der Waals surface area contributed by atoms with Crippen molar-refractivity contribution in [1.29, 1.82) is 0 Å². The smallest absolute Gasteiger partial charge is 0.269 e. The van der Waals surface area contributed by atoms with Crippen LogP contribution in [0.15, 0.2) is 53.7 Å². The van der Waals surface area contributed by atoms with E-state index in [2.05, 4.69) is 9.97 Å². The molecule has 2 heterocycles. The molecule has 0 fully saturated rings. The van der Waals surface area contributed by atoms with E-state index in [-0.39, 0.29) is 5.56 Å². The van der Waals surface area contributed by atoms with Gasteiger partial charge in [-0.15, -0.1) is 0 Å². The zero-order valence-corrected chi connectivity index (χ0v) is 13.1. The second-order valence-electron chi connectivity index (χ2n) is 5.42. The van der Waals surface area contributed by atoms with E-state index in [1.165, 1.54) is 4.40 Å². The Morgan fingerprint density at radius 3 is 2.74 bits per heavy atom. The molecule has 0 aliphatic rings. The molecule has 0 aliphatic carbocycles. The van der Waals surface area contributed by atoms with Crippen LogP contribution in [0.2, 0.25) is 0 Å². The molecule has 0 saturated carbocycles. The minimum atomic E-state index is -0.163. The van der Waals surface area contributed by atoms with Gasteiger partial charge in [0, 0.05) is 18.9 Å². The largest absolute Gasteiger partial charge is 0.476 e. The van der Waals surface area contributed by atoms with Crippen molar-refractivity contribution in [1.82, 2.24) is 19.3 Å². The summed E-state index contributed by atoms with van der Waals surface area (Å²) in [6.45, 7) is 1.19. The van der Waals surface area contributed by atoms with E-state index >= 15 is 0 Å². The first kappa shape index (κ1) is 15.2. The van der Waals surface area contributed by atoms with E-state index in [4.69, 9.17) is 4.74 Å². The molecule has 0 bridgehead atoms. The number of likely N-dealkylation sites (N-methyl/N-ethyl adjacent to an activating group) is 1. The number of hydrogen-bond acceptors (Lipinski definition) is 5. The molecule has 0 atom stereocenters. The summed E-state index contributed by atoms with van der Waals surface area (Å²) in [6.07, 6.45) is 4.73. The molecule has 118 valence electrons. The molecule has 0 saturated heterocycles. The molecule has 2 aromatic heterocycles. The lowest BCUT2D eigenvalue weighted by Crippen LogP contribution is -2.23. The van der Waals surface area contributed by atoms with E-state index in [1.807, 2.05) is 49.3 Å². The van der Waals surface area contributed by atoms with Gasteiger partial charge in [-0.1, -0.05) is 30.3 Å². The third-order valence-corrected chi connectivity index (χ3v) is 3.44. The van der Waals surface area contributed by atoms with Crippen molar-refractivity contribution in [2.24, 2.45) is 0 Å². The second kappa shape index (κ2) is 6.58. The highest BCUT2D eigenvalue weighted by Crippen LogP contribution is 2.24. The Kier molecular flexibility index (Phi) is 4.34. The van der Waals surface area contributed by atoms with Crippen LogP contribution in [-0.2, 0) is 0 Å². The van der Waals surface area contributed by atoms with Gasteiger partial charge in [0.15, 0.2) is 5.65 Å². The van der Waals surface area contributed by atoms with E-state index in [0.29, 0.717) is 23.7 Å². The van der Waals surface area contributed by atoms with Crippen LogP contribution in [0, 0.1) is 0 Å². The van der Waals surface area contributed by atoms with Crippen LogP contribution >= 0.6 is 0 Å². The van der Waals surface area contributed by atoms with Crippen molar-refractivity contribution >= 4 is 5.65 Å². The standard InChI is InChI=1S/C17H18N4O2/c1-20(2)10-11-23-16-15(13-6-4-3-5-7-13)17(22)21-9-8-18-12-14(21)19-16/h3-9,12H,10-11H2,1-2H3. The first-order valence-corrected chi connectivity index (χ1v) is 7.36. The van der Waals surface area contributed by atoms with Gasteiger partial charge in [-0.05, 0) is 19.7 Å². The van der Waals surface area contributed by atoms with Crippen molar-refractivity contribution < 1.29 is 4.74 Å². The number of fused-ring (bicyclic) bond motifs is 1. The van der Waals surface area contributed by atoms with Crippen LogP contribution in [0.5, 0.6) is 5.88 Å². The highest BCUT2D eigenvalue weighted by molar-refractivity contribution is 5.69. The lowest BCUT2D eigenvalue weighted by molar-refractivity contribution is 0.255. The van der Waals surface area contributed by atoms with Crippen molar-refractivity contribution in [2.45, 2.75) is 0 Å². The maximum atomic E-state index is 12.9. The molecule has 0 spiro atoms. The SMILES string of the molecule is CN(C)CCOc1nc2cnccn2c(=O)c1-c1ccccc1. The summed E-state index contributed by atoms with van der Waals surface area (Å²) < 4.78 is 7.28. The predicted octanol–water partition coefficient (Wildman–Crippen LogP) is 1.70. The third-order valence-electron chi connectivity index (χ3n) is 3.44. The zero-order chi connectivity index (χ0) is 16.2. The number of benzene rings is 1. The summed E-state index contributed by atoms with van der Waals surface area (Å²) in [4.78, 5) is 23.4. The van der Waals surface area contributed by atoms with Gasteiger partial charge in [0.25, 0.3) is 5.56 Å². The van der Waals surface area contributed by atoms with Crippen molar-refractivity contribution in [3.05, 3.63) is 59.3 Å². The van der Waals surface area contributed by atoms with Gasteiger partial charge in [0.2, 0.25) is 5.88 Å². The van der Waals surface area contributed by atoms with E-state index in [9.17, 15) is 4.79 Å². The number of nitrogens with zero attached hydrogens (tertiary/aromatic N) is 4. The summed E-state index contributed by atoms with van der Waals surface area (Å²) >= 11 is 0. The van der Waals surface area contributed by atoms with Gasteiger partial charge in [-0.25, -0.2) is 0 Å². The Hall–Kier alpha value is -2.73. The lowest BCUT2D eigenvalue weighted by atomic mass is 10.1. The van der Waals surface area contributed by atoms with E-state index in [0.717, 1.165) is 12.1 Å². The van der Waals surface area contributed by atoms with Gasteiger partial charge < -0.3 is 9.64 Å². The molecular formula is C17H18N4O2. The van der Waals surface area contributed by atoms with Crippen LogP contribution in [0.25, 0.3) is 16.8 Å². The average Bonchev–Trinajstić information content (AvgIpc) is 2.55. The highest BCUT2D eigenvalue weighted by atomic mass is 16.5. The fourth-order valence-electron chi connectivity index (χ4n) is 2.26. The van der Waals surface area contributed by atoms with Crippen molar-refractivity contribution in [3.8, 4) is 17.0 Å². The molecule has 0 N–H and O–H groups in total. The van der Waals surface area contributed by atoms with E-state index < -0.39 is 0 Å². The molecule has 6 nitrogen and oxygen atoms in total. The van der Waals surface area contributed by atoms with Crippen molar-refractivity contribution in [3.63, 3.8) is 0 Å². The Labute approximate surface area is 134 Å². The van der Waals surface area contributed by atoms with Gasteiger partial charge in [0.05, 0.1) is 6.20 Å². The highest BCUT2D eigenvalue weighted by Gasteiger charge is 2.16. The fraction of sp³-hybridized carbons (Fsp3) is 0.235. The van der Waals surface area contributed by atoms with Gasteiger partial charge in [0.1, 0.15) is 12.2 Å². The molecule has 1 aromatic carbocycles. The minimum Gasteiger partial charge on any atom is -0.476 e. The van der Waals surface area contributed by atoms with Crippen LogP contribution in [0.3, 0.4) is 0 Å². The lowest BCUT2D eigenvalue weighted by Gasteiger charge is -2.14. The molecule has 0 aliphatic heterocycles. The monoisotopic (exact) mass is 310 g/mol. The number of rotatable bonds is 5. The Morgan fingerprint density at radius 1 is 1.22 bits per heavy atom. The number of aromatic nitrogens is 3. The third kappa shape index (κ3) is 3.22. The molecule has 0 unspecified atom stereocenters. The quantitative estimate of drug-likeness (QED) is 0.718. The van der Waals surface area contributed by atoms with Crippen molar-refractivity contribution in [2.75, 3.05) is 27.2 Å². The van der Waals surface area contributed by atoms with Crippen LogP contribution in [0.1, 0.15) is 0 Å². The average molecular weight is 310 g/mol. The maximum Gasteiger partial charge on any atom is 0.269 e. The summed E-state index contributed by atoms with van der Waals surface area (Å²) in [6, 6.07) is 9.45. The number of hydrogen-bond donors (Lipinski definition) is 0. The Bertz CT molecular complexity index is 859. The minimum absolute atomic E-state index is 0.163. The summed E-state index contributed by atoms with van der Waals surface area (Å²) in [5.41, 5.74) is 1.56. The molecule has 23 heavy (non-hydrogen) atoms. The second-order valence-corrected chi connectivity index (χ2v) is 5.42. The Balaban J connectivity index is 2.14. The fourth-order valence-corrected chi connectivity index (χ4v) is 2.26. The van der Waals surface area contributed by atoms with Gasteiger partial charge in [-0.2, -0.15) is 4.98 Å². The summed E-state index contributed by atoms with van der Waals surface area (Å²) in [7, 11) is 3.93. The van der Waals surface area contributed by atoms with Gasteiger partial charge >= 0.3 is 0 Å². The van der Waals surface area contributed by atoms with Crippen LogP contribution in [-0.4, -0.2) is 46.5 Å². The molecule has 0 radical (unpaired) electrons. The van der Waals surface area contributed by atoms with E-state index in [1.54, 1.807) is 18.6 Å². The first-order chi connectivity index (χ1) is 11.2. The van der Waals surface area contributed by atoms with Crippen LogP contribution < -0.4 is 10.3 Å². The molecule has 6 heteroatoms. The molecule has 3 rings (SSSR count). The van der Waals surface area contributed by atoms with Crippen LogP contribution in [0.4, 0.5) is 0 Å². The van der Waals surface area contributed by atoms with Gasteiger partial charge in [-0.3, -0.25) is 14.2 Å². The normalized spacial score (nSPS) is 11.1. The topological polar surface area (TPSA) is 59.7 Å². The summed E-state index contributed by atoms with van der Waals surface area (Å²) in [5.74, 6) is 0.344. The maximum absolute atomic E-state index is 12.9. The first-order valence-electron chi connectivity index (χ1n) is 7.36.